The van der Waals surface area contributed by atoms with Crippen LogP contribution < -0.4 is 4.74 Å². The molecule has 1 aliphatic carbocycles. The summed E-state index contributed by atoms with van der Waals surface area (Å²) >= 11 is 13.2. The fraction of sp³-hybridized carbons (Fsp3) is 0.444. The van der Waals surface area contributed by atoms with Gasteiger partial charge in [-0.1, -0.05) is 53.9 Å². The van der Waals surface area contributed by atoms with Crippen molar-refractivity contribution in [2.75, 3.05) is 7.11 Å². The fourth-order valence-corrected chi connectivity index (χ4v) is 6.99. The molecular weight excluding hydrogens is 576 g/mol. The van der Waals surface area contributed by atoms with Crippen LogP contribution >= 0.6 is 35.0 Å². The number of thioether (sulfide) groups is 1. The molecule has 3 aromatic rings. The van der Waals surface area contributed by atoms with Crippen LogP contribution in [0.5, 0.6) is 5.75 Å². The molecule has 0 spiro atoms. The lowest BCUT2D eigenvalue weighted by Gasteiger charge is -2.42. The number of H-pyrrole nitrogens is 1. The van der Waals surface area contributed by atoms with Gasteiger partial charge in [-0.05, 0) is 61.4 Å². The van der Waals surface area contributed by atoms with E-state index in [1.807, 2.05) is 12.1 Å². The Hall–Kier alpha value is -2.43. The van der Waals surface area contributed by atoms with Crippen LogP contribution in [-0.2, 0) is 26.9 Å². The summed E-state index contributed by atoms with van der Waals surface area (Å²) in [4.78, 5) is 33.7. The van der Waals surface area contributed by atoms with Gasteiger partial charge in [-0.3, -0.25) is 9.59 Å². The first-order valence-corrected chi connectivity index (χ1v) is 14.1. The number of rotatable bonds is 7. The molecule has 208 valence electrons. The summed E-state index contributed by atoms with van der Waals surface area (Å²) in [5, 5.41) is -0.773. The molecule has 2 atom stereocenters. The number of aromatic amines is 1. The highest BCUT2D eigenvalue weighted by molar-refractivity contribution is 8.01. The first-order chi connectivity index (χ1) is 18.5. The molecule has 1 aliphatic heterocycles. The van der Waals surface area contributed by atoms with E-state index in [1.54, 1.807) is 6.07 Å². The minimum Gasteiger partial charge on any atom is -0.495 e. The fourth-order valence-electron chi connectivity index (χ4n) is 5.55. The van der Waals surface area contributed by atoms with Gasteiger partial charge < -0.3 is 14.5 Å². The van der Waals surface area contributed by atoms with Crippen LogP contribution in [0.15, 0.2) is 35.5 Å². The minimum atomic E-state index is -4.58. The van der Waals surface area contributed by atoms with Crippen LogP contribution in [0.2, 0.25) is 10.0 Å². The second-order valence-corrected chi connectivity index (χ2v) is 11.9. The summed E-state index contributed by atoms with van der Waals surface area (Å²) < 4.78 is 50.9. The Balaban J connectivity index is 1.35. The number of nitrogens with zero attached hydrogens (tertiary/aromatic N) is 1. The molecule has 1 saturated carbocycles. The number of nitrogens with one attached hydrogen (secondary N) is 1. The molecule has 1 saturated heterocycles. The molecule has 2 heterocycles. The Bertz CT molecular complexity index is 1400. The summed E-state index contributed by atoms with van der Waals surface area (Å²) in [6.45, 7) is 0. The number of benzene rings is 2. The van der Waals surface area contributed by atoms with Gasteiger partial charge in [-0.25, -0.2) is 4.98 Å². The number of fused-ring (bicyclic) bond motifs is 1. The summed E-state index contributed by atoms with van der Waals surface area (Å²) in [5.74, 6) is -0.334. The molecular formula is C27H25Cl2F3N2O4S. The van der Waals surface area contributed by atoms with Crippen molar-refractivity contribution in [3.63, 3.8) is 0 Å². The third-order valence-electron chi connectivity index (χ3n) is 7.51. The monoisotopic (exact) mass is 600 g/mol. The quantitative estimate of drug-likeness (QED) is 0.224. The van der Waals surface area contributed by atoms with Crippen LogP contribution in [-0.4, -0.2) is 39.7 Å². The highest BCUT2D eigenvalue weighted by atomic mass is 35.5. The number of aryl methyl sites for hydroxylation is 1. The largest absolute Gasteiger partial charge is 0.495 e. The van der Waals surface area contributed by atoms with Crippen molar-refractivity contribution >= 4 is 57.7 Å². The molecule has 39 heavy (non-hydrogen) atoms. The van der Waals surface area contributed by atoms with Crippen molar-refractivity contribution in [2.24, 2.45) is 5.92 Å². The number of carbonyl (C=O) groups excluding carboxylic acids is 2. The third kappa shape index (κ3) is 5.74. The lowest BCUT2D eigenvalue weighted by Crippen LogP contribution is -2.53. The zero-order valence-corrected chi connectivity index (χ0v) is 23.2. The van der Waals surface area contributed by atoms with Crippen LogP contribution in [0.25, 0.3) is 11.0 Å². The number of methoxy groups -OCH3 is 1. The average molecular weight is 601 g/mol. The predicted molar refractivity (Wildman–Crippen MR) is 142 cm³/mol. The van der Waals surface area contributed by atoms with E-state index in [0.29, 0.717) is 23.6 Å². The van der Waals surface area contributed by atoms with Crippen LogP contribution in [0.3, 0.4) is 0 Å². The van der Waals surface area contributed by atoms with E-state index in [4.69, 9.17) is 32.7 Å². The number of alkyl halides is 3. The van der Waals surface area contributed by atoms with E-state index < -0.39 is 28.6 Å². The second-order valence-electron chi connectivity index (χ2n) is 9.97. The van der Waals surface area contributed by atoms with Gasteiger partial charge in [0.2, 0.25) is 0 Å². The topological polar surface area (TPSA) is 81.3 Å². The van der Waals surface area contributed by atoms with E-state index >= 15 is 0 Å². The molecule has 0 radical (unpaired) electrons. The lowest BCUT2D eigenvalue weighted by molar-refractivity contribution is -0.177. The van der Waals surface area contributed by atoms with Gasteiger partial charge in [-0.2, -0.15) is 13.2 Å². The maximum Gasteiger partial charge on any atom is 0.416 e. The number of halogens is 5. The minimum absolute atomic E-state index is 0.0597. The first kappa shape index (κ1) is 28.1. The van der Waals surface area contributed by atoms with Crippen molar-refractivity contribution < 1.29 is 32.2 Å². The number of carbonyl (C=O) groups is 2. The van der Waals surface area contributed by atoms with Gasteiger partial charge in [0.1, 0.15) is 16.9 Å². The van der Waals surface area contributed by atoms with Crippen LogP contribution in [0.4, 0.5) is 13.2 Å². The summed E-state index contributed by atoms with van der Waals surface area (Å²) in [6, 6.07) is 7.18. The molecule has 2 aliphatic rings. The highest BCUT2D eigenvalue weighted by Gasteiger charge is 2.52. The molecule has 2 fully saturated rings. The van der Waals surface area contributed by atoms with Gasteiger partial charge >= 0.3 is 12.1 Å². The second kappa shape index (κ2) is 10.9. The van der Waals surface area contributed by atoms with E-state index in [1.165, 1.54) is 7.11 Å². The molecule has 12 heteroatoms. The molecule has 0 amide bonds. The van der Waals surface area contributed by atoms with Gasteiger partial charge in [0, 0.05) is 6.42 Å². The Morgan fingerprint density at radius 1 is 1.15 bits per heavy atom. The van der Waals surface area contributed by atoms with E-state index in [9.17, 15) is 22.8 Å². The molecule has 0 bridgehead atoms. The summed E-state index contributed by atoms with van der Waals surface area (Å²) in [5.41, 5.74) is -0.717. The van der Waals surface area contributed by atoms with Crippen molar-refractivity contribution in [1.29, 1.82) is 0 Å². The zero-order chi connectivity index (χ0) is 27.9. The molecule has 5 rings (SSSR count). The van der Waals surface area contributed by atoms with Crippen molar-refractivity contribution in [3.8, 4) is 5.75 Å². The zero-order valence-electron chi connectivity index (χ0n) is 20.9. The number of aromatic nitrogens is 2. The number of ketones is 1. The van der Waals surface area contributed by atoms with Gasteiger partial charge in [0.25, 0.3) is 0 Å². The van der Waals surface area contributed by atoms with Crippen LogP contribution in [0.1, 0.15) is 49.7 Å². The Morgan fingerprint density at radius 2 is 1.90 bits per heavy atom. The maximum absolute atomic E-state index is 13.4. The molecule has 1 aromatic heterocycles. The third-order valence-corrected chi connectivity index (χ3v) is 9.20. The van der Waals surface area contributed by atoms with Crippen molar-refractivity contribution in [1.82, 2.24) is 9.97 Å². The van der Waals surface area contributed by atoms with Crippen molar-refractivity contribution in [3.05, 3.63) is 51.5 Å². The van der Waals surface area contributed by atoms with E-state index in [-0.39, 0.29) is 39.3 Å². The SMILES string of the molecule is COc1ccc(CCC2(C3CCCC3)CC(=O)C(Sc3nc4c(Cl)cc(C(F)(F)F)cc4[nH]3)C(=O)O2)cc1Cl. The van der Waals surface area contributed by atoms with Crippen LogP contribution in [0, 0.1) is 5.92 Å². The smallest absolute Gasteiger partial charge is 0.416 e. The Labute approximate surface area is 236 Å². The lowest BCUT2D eigenvalue weighted by atomic mass is 9.76. The number of ether oxygens (including phenoxy) is 2. The summed E-state index contributed by atoms with van der Waals surface area (Å²) in [6.07, 6.45) is 0.244. The number of hydrogen-bond acceptors (Lipinski definition) is 6. The van der Waals surface area contributed by atoms with Gasteiger partial charge in [0.05, 0.1) is 28.2 Å². The molecule has 6 nitrogen and oxygen atoms in total. The van der Waals surface area contributed by atoms with Crippen molar-refractivity contribution in [2.45, 2.75) is 67.1 Å². The standard InChI is InChI=1S/C27H25Cl2F3N2O4S/c1-37-21-7-6-14(10-17(21)28)8-9-26(15-4-2-3-5-15)13-20(35)23(24(36)38-26)39-25-33-19-12-16(27(30,31)32)11-18(29)22(19)34-25/h6-7,10-12,15,23H,2-5,8-9,13H2,1H3,(H,33,34). The molecule has 2 unspecified atom stereocenters. The molecule has 1 N–H and O–H groups in total. The number of hydrogen-bond donors (Lipinski definition) is 1. The van der Waals surface area contributed by atoms with Gasteiger partial charge in [0.15, 0.2) is 16.2 Å². The van der Waals surface area contributed by atoms with Gasteiger partial charge in [-0.15, -0.1) is 0 Å². The van der Waals surface area contributed by atoms with E-state index in [0.717, 1.165) is 55.1 Å². The number of esters is 1. The maximum atomic E-state index is 13.4. The number of cyclic esters (lactones) is 1. The Morgan fingerprint density at radius 3 is 2.54 bits per heavy atom. The Kier molecular flexibility index (Phi) is 7.83. The molecule has 2 aromatic carbocycles. The predicted octanol–water partition coefficient (Wildman–Crippen LogP) is 7.44. The summed E-state index contributed by atoms with van der Waals surface area (Å²) in [7, 11) is 1.54. The van der Waals surface area contributed by atoms with E-state index in [2.05, 4.69) is 9.97 Å². The number of imidazole rings is 1. The normalized spacial score (nSPS) is 22.5. The average Bonchev–Trinajstić information content (AvgIpc) is 3.55. The first-order valence-electron chi connectivity index (χ1n) is 12.5. The number of Topliss-reactive ketones (excluding diaryl/α,β-unsaturated/α-hetero) is 1. The highest BCUT2D eigenvalue weighted by Crippen LogP contribution is 2.46.